The third-order valence-corrected chi connectivity index (χ3v) is 4.23. The van der Waals surface area contributed by atoms with Crippen molar-refractivity contribution in [3.8, 4) is 6.07 Å². The van der Waals surface area contributed by atoms with Crippen LogP contribution in [0.25, 0.3) is 11.1 Å². The fraction of sp³-hybridized carbons (Fsp3) is 0.529. The molecule has 0 bridgehead atoms. The second-order valence-electron chi connectivity index (χ2n) is 6.55. The van der Waals surface area contributed by atoms with Gasteiger partial charge < -0.3 is 4.42 Å². The van der Waals surface area contributed by atoms with Gasteiger partial charge in [0.05, 0.1) is 12.0 Å². The summed E-state index contributed by atoms with van der Waals surface area (Å²) in [7, 11) is 0. The lowest BCUT2D eigenvalue weighted by atomic mass is 10.1. The number of alkyl halides is 3. The summed E-state index contributed by atoms with van der Waals surface area (Å²) in [5, 5.41) is 8.95. The van der Waals surface area contributed by atoms with E-state index in [-0.39, 0.29) is 22.9 Å². The molecule has 1 atom stereocenters. The Morgan fingerprint density at radius 1 is 1.42 bits per heavy atom. The highest BCUT2D eigenvalue weighted by molar-refractivity contribution is 5.78. The minimum Gasteiger partial charge on any atom is -0.440 e. The molecule has 2 heterocycles. The number of benzene rings is 1. The van der Waals surface area contributed by atoms with Crippen LogP contribution in [0.2, 0.25) is 0 Å². The monoisotopic (exact) mass is 337 g/mol. The standard InChI is InChI=1S/C17H18F3N3O/c1-10(2)16-22-14-6-12(9-23-4-3-11(7-21)8-23)5-13(15(14)24-16)17(18,19)20/h5-6,10-11H,3-4,8-9H2,1-2H3. The van der Waals surface area contributed by atoms with Crippen molar-refractivity contribution in [3.63, 3.8) is 0 Å². The van der Waals surface area contributed by atoms with Gasteiger partial charge in [-0.3, -0.25) is 4.90 Å². The van der Waals surface area contributed by atoms with Gasteiger partial charge in [-0.1, -0.05) is 13.8 Å². The van der Waals surface area contributed by atoms with Gasteiger partial charge >= 0.3 is 6.18 Å². The lowest BCUT2D eigenvalue weighted by Gasteiger charge is -2.16. The molecule has 128 valence electrons. The van der Waals surface area contributed by atoms with Crippen molar-refractivity contribution in [3.05, 3.63) is 29.2 Å². The minimum atomic E-state index is -4.50. The number of oxazole rings is 1. The van der Waals surface area contributed by atoms with Crippen molar-refractivity contribution in [2.75, 3.05) is 13.1 Å². The van der Waals surface area contributed by atoms with E-state index in [1.807, 2.05) is 18.7 Å². The number of nitriles is 1. The summed E-state index contributed by atoms with van der Waals surface area (Å²) in [5.74, 6) is 0.172. The Labute approximate surface area is 137 Å². The van der Waals surface area contributed by atoms with E-state index in [0.29, 0.717) is 31.1 Å². The average molecular weight is 337 g/mol. The van der Waals surface area contributed by atoms with E-state index in [1.165, 1.54) is 0 Å². The van der Waals surface area contributed by atoms with E-state index in [4.69, 9.17) is 9.68 Å². The lowest BCUT2D eigenvalue weighted by molar-refractivity contribution is -0.136. The van der Waals surface area contributed by atoms with Gasteiger partial charge in [-0.05, 0) is 30.7 Å². The summed E-state index contributed by atoms with van der Waals surface area (Å²) < 4.78 is 45.5. The van der Waals surface area contributed by atoms with Gasteiger partial charge in [-0.25, -0.2) is 4.98 Å². The molecule has 0 aliphatic carbocycles. The molecular formula is C17H18F3N3O. The second kappa shape index (κ2) is 6.10. The smallest absolute Gasteiger partial charge is 0.420 e. The Balaban J connectivity index is 1.98. The second-order valence-corrected chi connectivity index (χ2v) is 6.55. The molecule has 1 aliphatic heterocycles. The third-order valence-electron chi connectivity index (χ3n) is 4.23. The van der Waals surface area contributed by atoms with Crippen LogP contribution in [0.15, 0.2) is 16.5 Å². The summed E-state index contributed by atoms with van der Waals surface area (Å²) in [5.41, 5.74) is -0.215. The maximum absolute atomic E-state index is 13.4. The SMILES string of the molecule is CC(C)c1nc2cc(CN3CCC(C#N)C3)cc(C(F)(F)F)c2o1. The normalized spacial score (nSPS) is 19.3. The van der Waals surface area contributed by atoms with Gasteiger partial charge in [0, 0.05) is 19.0 Å². The number of halogens is 3. The molecule has 0 saturated carbocycles. The predicted octanol–water partition coefficient (Wildman–Crippen LogP) is 4.32. The molecule has 24 heavy (non-hydrogen) atoms. The summed E-state index contributed by atoms with van der Waals surface area (Å²) in [4.78, 5) is 6.21. The van der Waals surface area contributed by atoms with E-state index < -0.39 is 11.7 Å². The van der Waals surface area contributed by atoms with Gasteiger partial charge in [0.2, 0.25) is 0 Å². The Bertz CT molecular complexity index is 789. The number of nitrogens with zero attached hydrogens (tertiary/aromatic N) is 3. The van der Waals surface area contributed by atoms with Crippen LogP contribution in [0.5, 0.6) is 0 Å². The molecule has 0 radical (unpaired) electrons. The van der Waals surface area contributed by atoms with E-state index in [1.54, 1.807) is 6.07 Å². The highest BCUT2D eigenvalue weighted by atomic mass is 19.4. The number of hydrogen-bond donors (Lipinski definition) is 0. The van der Waals surface area contributed by atoms with Crippen LogP contribution >= 0.6 is 0 Å². The molecular weight excluding hydrogens is 319 g/mol. The Morgan fingerprint density at radius 2 is 2.17 bits per heavy atom. The van der Waals surface area contributed by atoms with E-state index in [2.05, 4.69) is 11.1 Å². The van der Waals surface area contributed by atoms with Gasteiger partial charge in [0.15, 0.2) is 11.5 Å². The molecule has 0 spiro atoms. The largest absolute Gasteiger partial charge is 0.440 e. The average Bonchev–Trinajstić information content (AvgIpc) is 3.11. The molecule has 1 unspecified atom stereocenters. The number of hydrogen-bond acceptors (Lipinski definition) is 4. The molecule has 1 saturated heterocycles. The Kier molecular flexibility index (Phi) is 4.26. The minimum absolute atomic E-state index is 0.0459. The van der Waals surface area contributed by atoms with Crippen LogP contribution in [0.3, 0.4) is 0 Å². The summed E-state index contributed by atoms with van der Waals surface area (Å²) in [6.45, 7) is 5.33. The van der Waals surface area contributed by atoms with Crippen molar-refractivity contribution in [1.29, 1.82) is 5.26 Å². The van der Waals surface area contributed by atoms with Gasteiger partial charge in [0.25, 0.3) is 0 Å². The third kappa shape index (κ3) is 3.24. The summed E-state index contributed by atoms with van der Waals surface area (Å²) in [6.07, 6.45) is -3.74. The Hall–Kier alpha value is -2.07. The van der Waals surface area contributed by atoms with Crippen molar-refractivity contribution >= 4 is 11.1 Å². The number of aromatic nitrogens is 1. The predicted molar refractivity (Wildman–Crippen MR) is 82.1 cm³/mol. The highest BCUT2D eigenvalue weighted by Gasteiger charge is 2.36. The van der Waals surface area contributed by atoms with E-state index in [0.717, 1.165) is 12.5 Å². The fourth-order valence-corrected chi connectivity index (χ4v) is 3.00. The summed E-state index contributed by atoms with van der Waals surface area (Å²) in [6, 6.07) is 5.00. The van der Waals surface area contributed by atoms with Crippen LogP contribution in [0.1, 0.15) is 43.2 Å². The number of rotatable bonds is 3. The molecule has 0 amide bonds. The lowest BCUT2D eigenvalue weighted by Crippen LogP contribution is -2.20. The van der Waals surface area contributed by atoms with Crippen LogP contribution in [-0.4, -0.2) is 23.0 Å². The molecule has 1 aliphatic rings. The zero-order valence-electron chi connectivity index (χ0n) is 13.5. The molecule has 4 nitrogen and oxygen atoms in total. The first-order valence-electron chi connectivity index (χ1n) is 7.90. The first-order chi connectivity index (χ1) is 11.3. The molecule has 0 N–H and O–H groups in total. The van der Waals surface area contributed by atoms with Crippen LogP contribution in [-0.2, 0) is 12.7 Å². The molecule has 1 fully saturated rings. The quantitative estimate of drug-likeness (QED) is 0.837. The first-order valence-corrected chi connectivity index (χ1v) is 7.90. The Morgan fingerprint density at radius 3 is 2.75 bits per heavy atom. The molecule has 3 rings (SSSR count). The van der Waals surface area contributed by atoms with E-state index >= 15 is 0 Å². The van der Waals surface area contributed by atoms with Crippen molar-refractivity contribution in [2.45, 2.75) is 38.9 Å². The summed E-state index contributed by atoms with van der Waals surface area (Å²) >= 11 is 0. The van der Waals surface area contributed by atoms with Crippen molar-refractivity contribution < 1.29 is 17.6 Å². The van der Waals surface area contributed by atoms with Crippen LogP contribution < -0.4 is 0 Å². The van der Waals surface area contributed by atoms with E-state index in [9.17, 15) is 13.2 Å². The molecule has 2 aromatic rings. The van der Waals surface area contributed by atoms with Crippen molar-refractivity contribution in [2.24, 2.45) is 5.92 Å². The number of likely N-dealkylation sites (tertiary alicyclic amines) is 1. The maximum Gasteiger partial charge on any atom is 0.420 e. The molecule has 1 aromatic heterocycles. The van der Waals surface area contributed by atoms with Gasteiger partial charge in [-0.2, -0.15) is 18.4 Å². The van der Waals surface area contributed by atoms with Crippen LogP contribution in [0, 0.1) is 17.2 Å². The first kappa shape index (κ1) is 16.8. The van der Waals surface area contributed by atoms with Gasteiger partial charge in [0.1, 0.15) is 11.1 Å². The topological polar surface area (TPSA) is 53.1 Å². The van der Waals surface area contributed by atoms with Crippen molar-refractivity contribution in [1.82, 2.24) is 9.88 Å². The zero-order chi connectivity index (χ0) is 17.5. The highest BCUT2D eigenvalue weighted by Crippen LogP contribution is 2.37. The molecule has 1 aromatic carbocycles. The van der Waals surface area contributed by atoms with Gasteiger partial charge in [-0.15, -0.1) is 0 Å². The zero-order valence-corrected chi connectivity index (χ0v) is 13.5. The molecule has 7 heteroatoms. The fourth-order valence-electron chi connectivity index (χ4n) is 3.00. The van der Waals surface area contributed by atoms with Crippen LogP contribution in [0.4, 0.5) is 13.2 Å². The number of fused-ring (bicyclic) bond motifs is 1. The maximum atomic E-state index is 13.4.